The minimum Gasteiger partial charge on any atom is -0.483 e. The first-order valence-corrected chi connectivity index (χ1v) is 9.84. The molecule has 8 heteroatoms. The minimum atomic E-state index is -1.35. The molecule has 0 saturated heterocycles. The van der Waals surface area contributed by atoms with E-state index in [0.717, 1.165) is 5.56 Å². The summed E-state index contributed by atoms with van der Waals surface area (Å²) in [4.78, 5) is 39.6. The van der Waals surface area contributed by atoms with Crippen LogP contribution in [-0.2, 0) is 17.9 Å². The van der Waals surface area contributed by atoms with E-state index in [4.69, 9.17) is 9.47 Å². The van der Waals surface area contributed by atoms with Gasteiger partial charge in [-0.15, -0.1) is 0 Å². The van der Waals surface area contributed by atoms with Crippen LogP contribution in [0.4, 0.5) is 0 Å². The lowest BCUT2D eigenvalue weighted by molar-refractivity contribution is 0.0452. The van der Waals surface area contributed by atoms with Crippen LogP contribution in [0, 0.1) is 0 Å². The third kappa shape index (κ3) is 4.23. The molecule has 0 bridgehead atoms. The van der Waals surface area contributed by atoms with Crippen LogP contribution in [0.2, 0.25) is 0 Å². The molecule has 30 heavy (non-hydrogen) atoms. The Labute approximate surface area is 174 Å². The molecule has 0 saturated carbocycles. The molecule has 1 N–H and O–H groups in total. The molecular weight excluding hydrogens is 388 g/mol. The van der Waals surface area contributed by atoms with Crippen molar-refractivity contribution in [1.82, 2.24) is 9.47 Å². The van der Waals surface area contributed by atoms with Crippen LogP contribution in [-0.4, -0.2) is 52.3 Å². The van der Waals surface area contributed by atoms with Crippen LogP contribution in [0.15, 0.2) is 41.3 Å². The smallest absolute Gasteiger partial charge is 0.341 e. The maximum absolute atomic E-state index is 13.4. The molecule has 0 spiro atoms. The Kier molecular flexibility index (Phi) is 6.56. The molecule has 3 rings (SSSR count). The summed E-state index contributed by atoms with van der Waals surface area (Å²) in [6, 6.07) is 8.89. The number of carboxylic acids is 1. The molecule has 1 aliphatic rings. The summed E-state index contributed by atoms with van der Waals surface area (Å²) in [5, 5.41) is 9.47. The molecule has 160 valence electrons. The van der Waals surface area contributed by atoms with Crippen molar-refractivity contribution in [3.05, 3.63) is 63.6 Å². The summed E-state index contributed by atoms with van der Waals surface area (Å²) in [7, 11) is 1.60. The van der Waals surface area contributed by atoms with E-state index in [2.05, 4.69) is 0 Å². The fourth-order valence-corrected chi connectivity index (χ4v) is 3.78. The van der Waals surface area contributed by atoms with Gasteiger partial charge in [0.25, 0.3) is 5.91 Å². The van der Waals surface area contributed by atoms with Gasteiger partial charge in [-0.05, 0) is 25.8 Å². The fraction of sp³-hybridized carbons (Fsp3) is 0.409. The highest BCUT2D eigenvalue weighted by Gasteiger charge is 2.37. The Hall–Kier alpha value is -3.13. The van der Waals surface area contributed by atoms with Crippen molar-refractivity contribution < 1.29 is 24.2 Å². The van der Waals surface area contributed by atoms with Crippen LogP contribution in [0.25, 0.3) is 0 Å². The molecule has 0 aliphatic carbocycles. The Bertz CT molecular complexity index is 985. The van der Waals surface area contributed by atoms with Gasteiger partial charge in [0, 0.05) is 38.5 Å². The van der Waals surface area contributed by atoms with Crippen molar-refractivity contribution in [2.45, 2.75) is 45.5 Å². The van der Waals surface area contributed by atoms with Crippen molar-refractivity contribution in [2.24, 2.45) is 0 Å². The van der Waals surface area contributed by atoms with Crippen molar-refractivity contribution in [3.8, 4) is 5.75 Å². The number of hydrogen-bond donors (Lipinski definition) is 1. The monoisotopic (exact) mass is 414 g/mol. The topological polar surface area (TPSA) is 98.1 Å². The molecule has 0 unspecified atom stereocenters. The van der Waals surface area contributed by atoms with Crippen LogP contribution in [0.5, 0.6) is 5.75 Å². The summed E-state index contributed by atoms with van der Waals surface area (Å²) in [6.45, 7) is 4.74. The van der Waals surface area contributed by atoms with Gasteiger partial charge in [0.05, 0.1) is 0 Å². The van der Waals surface area contributed by atoms with E-state index in [1.807, 2.05) is 44.2 Å². The Balaban J connectivity index is 2.05. The van der Waals surface area contributed by atoms with E-state index in [-0.39, 0.29) is 36.0 Å². The second-order valence-electron chi connectivity index (χ2n) is 7.47. The zero-order chi connectivity index (χ0) is 21.8. The van der Waals surface area contributed by atoms with E-state index in [1.54, 1.807) is 12.0 Å². The fourth-order valence-electron chi connectivity index (χ4n) is 3.78. The van der Waals surface area contributed by atoms with E-state index in [9.17, 15) is 19.5 Å². The van der Waals surface area contributed by atoms with E-state index in [1.165, 1.54) is 10.8 Å². The number of fused-ring (bicyclic) bond motifs is 1. The predicted molar refractivity (Wildman–Crippen MR) is 110 cm³/mol. The molecule has 1 aliphatic heterocycles. The number of benzene rings is 1. The second-order valence-corrected chi connectivity index (χ2v) is 7.47. The average molecular weight is 414 g/mol. The Morgan fingerprint density at radius 2 is 1.97 bits per heavy atom. The normalized spacial score (nSPS) is 16.8. The molecule has 1 amide bonds. The highest BCUT2D eigenvalue weighted by Crippen LogP contribution is 2.27. The van der Waals surface area contributed by atoms with E-state index in [0.29, 0.717) is 19.6 Å². The second kappa shape index (κ2) is 9.13. The first kappa shape index (κ1) is 21.6. The zero-order valence-corrected chi connectivity index (χ0v) is 17.3. The summed E-state index contributed by atoms with van der Waals surface area (Å²) in [5.74, 6) is -1.93. The number of ether oxygens (including phenoxy) is 2. The molecule has 8 nitrogen and oxygen atoms in total. The number of methoxy groups -OCH3 is 1. The molecule has 1 aromatic carbocycles. The Morgan fingerprint density at radius 1 is 1.27 bits per heavy atom. The lowest BCUT2D eigenvalue weighted by Crippen LogP contribution is -2.52. The molecular formula is C22H26N2O6. The molecule has 2 heterocycles. The molecule has 2 aromatic rings. The number of aromatic nitrogens is 1. The van der Waals surface area contributed by atoms with Crippen molar-refractivity contribution >= 4 is 11.9 Å². The predicted octanol–water partition coefficient (Wildman–Crippen LogP) is 2.39. The number of rotatable bonds is 8. The van der Waals surface area contributed by atoms with Gasteiger partial charge in [0.15, 0.2) is 11.4 Å². The number of pyridine rings is 1. The first-order chi connectivity index (χ1) is 14.3. The Morgan fingerprint density at radius 3 is 2.60 bits per heavy atom. The number of carbonyl (C=O) groups is 2. The van der Waals surface area contributed by atoms with Gasteiger partial charge < -0.3 is 24.0 Å². The summed E-state index contributed by atoms with van der Waals surface area (Å²) in [6.07, 6.45) is 1.88. The maximum atomic E-state index is 13.4. The standard InChI is InChI=1S/C22H26N2O6/c1-14(9-10-29-3)24-15(2)11-23-12-17(22(27)28)19(25)20(18(23)21(24)26)30-13-16-7-5-4-6-8-16/h4-8,12,14-15H,9-11,13H2,1-3H3,(H,27,28)/t14-,15+/m1/s1. The molecule has 0 radical (unpaired) electrons. The van der Waals surface area contributed by atoms with Crippen LogP contribution in [0.1, 0.15) is 46.7 Å². The quantitative estimate of drug-likeness (QED) is 0.712. The number of amides is 1. The van der Waals surface area contributed by atoms with Crippen LogP contribution < -0.4 is 10.2 Å². The molecule has 1 aromatic heterocycles. The highest BCUT2D eigenvalue weighted by molar-refractivity contribution is 5.98. The number of carbonyl (C=O) groups excluding carboxylic acids is 1. The number of nitrogens with zero attached hydrogens (tertiary/aromatic N) is 2. The van der Waals surface area contributed by atoms with E-state index < -0.39 is 17.0 Å². The lowest BCUT2D eigenvalue weighted by atomic mass is 10.0. The van der Waals surface area contributed by atoms with Gasteiger partial charge in [-0.2, -0.15) is 0 Å². The van der Waals surface area contributed by atoms with Crippen LogP contribution in [0.3, 0.4) is 0 Å². The highest BCUT2D eigenvalue weighted by atomic mass is 16.5. The largest absolute Gasteiger partial charge is 0.483 e. The zero-order valence-electron chi connectivity index (χ0n) is 17.3. The molecule has 0 fully saturated rings. The van der Waals surface area contributed by atoms with Crippen molar-refractivity contribution in [3.63, 3.8) is 0 Å². The van der Waals surface area contributed by atoms with E-state index >= 15 is 0 Å². The lowest BCUT2D eigenvalue weighted by Gasteiger charge is -2.40. The number of hydrogen-bond acceptors (Lipinski definition) is 5. The third-order valence-corrected chi connectivity index (χ3v) is 5.28. The van der Waals surface area contributed by atoms with Gasteiger partial charge in [-0.1, -0.05) is 30.3 Å². The minimum absolute atomic E-state index is 0.0498. The number of carboxylic acid groups (broad SMARTS) is 1. The van der Waals surface area contributed by atoms with Crippen LogP contribution >= 0.6 is 0 Å². The van der Waals surface area contributed by atoms with Gasteiger partial charge in [0.1, 0.15) is 12.2 Å². The third-order valence-electron chi connectivity index (χ3n) is 5.28. The van der Waals surface area contributed by atoms with Gasteiger partial charge in [-0.3, -0.25) is 9.59 Å². The summed E-state index contributed by atoms with van der Waals surface area (Å²) < 4.78 is 12.4. The van der Waals surface area contributed by atoms with Crippen molar-refractivity contribution in [1.29, 1.82) is 0 Å². The summed E-state index contributed by atoms with van der Waals surface area (Å²) >= 11 is 0. The van der Waals surface area contributed by atoms with Crippen molar-refractivity contribution in [2.75, 3.05) is 13.7 Å². The van der Waals surface area contributed by atoms with Gasteiger partial charge in [0.2, 0.25) is 5.43 Å². The number of aromatic carboxylic acids is 1. The maximum Gasteiger partial charge on any atom is 0.341 e. The first-order valence-electron chi connectivity index (χ1n) is 9.84. The summed E-state index contributed by atoms with van der Waals surface area (Å²) in [5.41, 5.74) is -0.318. The average Bonchev–Trinajstić information content (AvgIpc) is 2.72. The SMILES string of the molecule is COCC[C@@H](C)N1C(=O)c2c(OCc3ccccc3)c(=O)c(C(=O)O)cn2C[C@@H]1C. The van der Waals surface area contributed by atoms with Gasteiger partial charge in [-0.25, -0.2) is 4.79 Å². The molecule has 2 atom stereocenters. The van der Waals surface area contributed by atoms with Gasteiger partial charge >= 0.3 is 5.97 Å².